The molecule has 0 aliphatic carbocycles. The summed E-state index contributed by atoms with van der Waals surface area (Å²) in [5, 5.41) is 0. The van der Waals surface area contributed by atoms with Crippen molar-refractivity contribution in [2.75, 3.05) is 17.6 Å². The summed E-state index contributed by atoms with van der Waals surface area (Å²) in [6.07, 6.45) is 1.08. The van der Waals surface area contributed by atoms with Gasteiger partial charge in [-0.25, -0.2) is 0 Å². The minimum atomic E-state index is 0.591. The summed E-state index contributed by atoms with van der Waals surface area (Å²) >= 11 is 0. The molecule has 0 saturated heterocycles. The fourth-order valence-corrected chi connectivity index (χ4v) is 2.64. The van der Waals surface area contributed by atoms with Gasteiger partial charge in [0.2, 0.25) is 0 Å². The lowest BCUT2D eigenvalue weighted by molar-refractivity contribution is 0.832. The van der Waals surface area contributed by atoms with Crippen molar-refractivity contribution in [3.05, 3.63) is 65.7 Å². The molecule has 0 aliphatic heterocycles. The van der Waals surface area contributed by atoms with Crippen molar-refractivity contribution in [1.82, 2.24) is 0 Å². The fraction of sp³-hybridized carbons (Fsp3) is 0.333. The second-order valence-corrected chi connectivity index (χ2v) is 6.02. The Morgan fingerprint density at radius 2 is 1.60 bits per heavy atom. The zero-order valence-corrected chi connectivity index (χ0v) is 13.6. The van der Waals surface area contributed by atoms with E-state index in [-0.39, 0.29) is 0 Å². The number of benzene rings is 2. The van der Waals surface area contributed by atoms with Crippen LogP contribution in [0, 0.1) is 0 Å². The predicted molar refractivity (Wildman–Crippen MR) is 92.6 cm³/mol. The Hall–Kier alpha value is -1.33. The van der Waals surface area contributed by atoms with Gasteiger partial charge >= 0.3 is 0 Å². The van der Waals surface area contributed by atoms with Crippen LogP contribution in [0.2, 0.25) is 0 Å². The van der Waals surface area contributed by atoms with Crippen LogP contribution < -0.4 is 4.90 Å². The van der Waals surface area contributed by atoms with Crippen molar-refractivity contribution in [3.63, 3.8) is 0 Å². The first-order valence-corrected chi connectivity index (χ1v) is 8.11. The molecule has 0 amide bonds. The van der Waals surface area contributed by atoms with E-state index in [2.05, 4.69) is 82.6 Å². The van der Waals surface area contributed by atoms with Crippen LogP contribution >= 0.6 is 9.24 Å². The molecule has 0 bridgehead atoms. The highest BCUT2D eigenvalue weighted by atomic mass is 31.0. The highest BCUT2D eigenvalue weighted by molar-refractivity contribution is 7.16. The first kappa shape index (κ1) is 15.1. The van der Waals surface area contributed by atoms with Crippen LogP contribution in [0.1, 0.15) is 30.9 Å². The van der Waals surface area contributed by atoms with Crippen LogP contribution in [0.5, 0.6) is 0 Å². The lowest BCUT2D eigenvalue weighted by Gasteiger charge is -2.25. The molecule has 2 rings (SSSR count). The van der Waals surface area contributed by atoms with Crippen LogP contribution in [0.4, 0.5) is 5.69 Å². The van der Waals surface area contributed by atoms with Crippen molar-refractivity contribution < 1.29 is 0 Å². The Labute approximate surface area is 125 Å². The molecule has 0 aromatic heterocycles. The topological polar surface area (TPSA) is 3.24 Å². The molecule has 0 spiro atoms. The van der Waals surface area contributed by atoms with Gasteiger partial charge in [0, 0.05) is 18.8 Å². The molecule has 1 unspecified atom stereocenters. The maximum Gasteiger partial charge on any atom is 0.0429 e. The predicted octanol–water partition coefficient (Wildman–Crippen LogP) is 4.69. The highest BCUT2D eigenvalue weighted by Gasteiger charge is 2.07. The van der Waals surface area contributed by atoms with Gasteiger partial charge in [-0.15, -0.1) is 9.24 Å². The summed E-state index contributed by atoms with van der Waals surface area (Å²) in [7, 11) is 2.82. The summed E-state index contributed by atoms with van der Waals surface area (Å²) in [5.41, 5.74) is 4.07. The van der Waals surface area contributed by atoms with Crippen molar-refractivity contribution in [1.29, 1.82) is 0 Å². The van der Waals surface area contributed by atoms with E-state index in [0.717, 1.165) is 19.3 Å². The molecule has 0 saturated carbocycles. The zero-order valence-electron chi connectivity index (χ0n) is 12.4. The Bertz CT molecular complexity index is 505. The van der Waals surface area contributed by atoms with Crippen LogP contribution in [0.25, 0.3) is 0 Å². The van der Waals surface area contributed by atoms with Crippen molar-refractivity contribution in [2.45, 2.75) is 26.3 Å². The lowest BCUT2D eigenvalue weighted by Crippen LogP contribution is -2.24. The number of hydrogen-bond acceptors (Lipinski definition) is 1. The molecular weight excluding hydrogens is 261 g/mol. The van der Waals surface area contributed by atoms with Gasteiger partial charge in [-0.3, -0.25) is 0 Å². The van der Waals surface area contributed by atoms with Crippen molar-refractivity contribution in [3.8, 4) is 0 Å². The SMILES string of the molecule is CC(C)c1ccc(N(CCP)Cc2ccccc2)cc1. The summed E-state index contributed by atoms with van der Waals surface area (Å²) < 4.78 is 0. The Morgan fingerprint density at radius 1 is 0.950 bits per heavy atom. The van der Waals surface area contributed by atoms with E-state index in [0.29, 0.717) is 5.92 Å². The number of nitrogens with zero attached hydrogens (tertiary/aromatic N) is 1. The standard InChI is InChI=1S/C18H24NP/c1-15(2)17-8-10-18(11-9-17)19(12-13-20)14-16-6-4-3-5-7-16/h3-11,15H,12-14,20H2,1-2H3. The van der Waals surface area contributed by atoms with Gasteiger partial charge in [-0.1, -0.05) is 56.3 Å². The number of hydrogen-bond donors (Lipinski definition) is 0. The molecule has 0 heterocycles. The first-order valence-electron chi connectivity index (χ1n) is 7.29. The van der Waals surface area contributed by atoms with E-state index < -0.39 is 0 Å². The van der Waals surface area contributed by atoms with Gasteiger partial charge in [-0.2, -0.15) is 0 Å². The van der Waals surface area contributed by atoms with E-state index in [1.807, 2.05) is 0 Å². The summed E-state index contributed by atoms with van der Waals surface area (Å²) in [6.45, 7) is 6.50. The molecule has 1 nitrogen and oxygen atoms in total. The third kappa shape index (κ3) is 4.08. The maximum atomic E-state index is 2.82. The summed E-state index contributed by atoms with van der Waals surface area (Å²) in [6, 6.07) is 19.7. The van der Waals surface area contributed by atoms with Crippen LogP contribution in [0.3, 0.4) is 0 Å². The molecule has 1 atom stereocenters. The molecule has 0 N–H and O–H groups in total. The Balaban J connectivity index is 2.15. The van der Waals surface area contributed by atoms with E-state index in [4.69, 9.17) is 0 Å². The number of rotatable bonds is 6. The minimum Gasteiger partial charge on any atom is -0.367 e. The van der Waals surface area contributed by atoms with Gasteiger partial charge < -0.3 is 4.90 Å². The van der Waals surface area contributed by atoms with Gasteiger partial charge in [0.25, 0.3) is 0 Å². The summed E-state index contributed by atoms with van der Waals surface area (Å²) in [5.74, 6) is 0.591. The maximum absolute atomic E-state index is 2.82. The lowest BCUT2D eigenvalue weighted by atomic mass is 10.0. The zero-order chi connectivity index (χ0) is 14.4. The average molecular weight is 285 g/mol. The fourth-order valence-electron chi connectivity index (χ4n) is 2.33. The van der Waals surface area contributed by atoms with Crippen molar-refractivity contribution >= 4 is 14.9 Å². The van der Waals surface area contributed by atoms with Crippen LogP contribution in [-0.4, -0.2) is 12.7 Å². The van der Waals surface area contributed by atoms with E-state index in [1.165, 1.54) is 16.8 Å². The number of anilines is 1. The van der Waals surface area contributed by atoms with Gasteiger partial charge in [-0.05, 0) is 35.3 Å². The van der Waals surface area contributed by atoms with E-state index >= 15 is 0 Å². The third-order valence-electron chi connectivity index (χ3n) is 3.54. The molecule has 2 aromatic rings. The monoisotopic (exact) mass is 285 g/mol. The molecular formula is C18H24NP. The van der Waals surface area contributed by atoms with Gasteiger partial charge in [0.1, 0.15) is 0 Å². The largest absolute Gasteiger partial charge is 0.367 e. The second kappa shape index (κ2) is 7.45. The summed E-state index contributed by atoms with van der Waals surface area (Å²) in [4.78, 5) is 2.44. The smallest absolute Gasteiger partial charge is 0.0429 e. The molecule has 0 radical (unpaired) electrons. The van der Waals surface area contributed by atoms with Crippen molar-refractivity contribution in [2.24, 2.45) is 0 Å². The highest BCUT2D eigenvalue weighted by Crippen LogP contribution is 2.21. The van der Waals surface area contributed by atoms with Gasteiger partial charge in [0.15, 0.2) is 0 Å². The van der Waals surface area contributed by atoms with E-state index in [9.17, 15) is 0 Å². The molecule has 106 valence electrons. The van der Waals surface area contributed by atoms with Crippen LogP contribution in [0.15, 0.2) is 54.6 Å². The third-order valence-corrected chi connectivity index (χ3v) is 3.80. The molecule has 2 heteroatoms. The van der Waals surface area contributed by atoms with Crippen LogP contribution in [-0.2, 0) is 6.54 Å². The molecule has 2 aromatic carbocycles. The molecule has 0 fully saturated rings. The first-order chi connectivity index (χ1) is 9.70. The Kier molecular flexibility index (Phi) is 5.61. The average Bonchev–Trinajstić information content (AvgIpc) is 2.48. The molecule has 20 heavy (non-hydrogen) atoms. The molecule has 0 aliphatic rings. The van der Waals surface area contributed by atoms with E-state index in [1.54, 1.807) is 0 Å². The second-order valence-electron chi connectivity index (χ2n) is 5.44. The Morgan fingerprint density at radius 3 is 2.15 bits per heavy atom. The normalized spacial score (nSPS) is 10.8. The quantitative estimate of drug-likeness (QED) is 0.696. The minimum absolute atomic E-state index is 0.591. The van der Waals surface area contributed by atoms with Gasteiger partial charge in [0.05, 0.1) is 0 Å².